The van der Waals surface area contributed by atoms with Crippen LogP contribution in [0.15, 0.2) is 48.5 Å². The zero-order chi connectivity index (χ0) is 22.0. The summed E-state index contributed by atoms with van der Waals surface area (Å²) in [5.74, 6) is -0.600. The number of hydrogen-bond acceptors (Lipinski definition) is 6. The van der Waals surface area contributed by atoms with Gasteiger partial charge in [0.2, 0.25) is 16.9 Å². The molecule has 8 nitrogen and oxygen atoms in total. The highest BCUT2D eigenvalue weighted by molar-refractivity contribution is 7.15. The summed E-state index contributed by atoms with van der Waals surface area (Å²) in [7, 11) is 0. The second-order valence-corrected chi connectivity index (χ2v) is 8.49. The van der Waals surface area contributed by atoms with Gasteiger partial charge in [0, 0.05) is 47.8 Å². The molecule has 1 fully saturated rings. The molecule has 1 aliphatic rings. The van der Waals surface area contributed by atoms with Crippen molar-refractivity contribution in [3.63, 3.8) is 0 Å². The van der Waals surface area contributed by atoms with Crippen molar-refractivity contribution in [1.82, 2.24) is 10.2 Å². The lowest BCUT2D eigenvalue weighted by molar-refractivity contribution is -0.117. The Bertz CT molecular complexity index is 1130. The minimum Gasteiger partial charge on any atom is -0.326 e. The van der Waals surface area contributed by atoms with Crippen molar-refractivity contribution in [2.75, 3.05) is 22.1 Å². The smallest absolute Gasteiger partial charge is 0.257 e. The topological polar surface area (TPSA) is 104 Å². The van der Waals surface area contributed by atoms with E-state index in [1.807, 2.05) is 12.1 Å². The highest BCUT2D eigenvalue weighted by Crippen LogP contribution is 2.34. The van der Waals surface area contributed by atoms with E-state index in [9.17, 15) is 14.4 Å². The molecule has 158 valence electrons. The van der Waals surface area contributed by atoms with E-state index in [2.05, 4.69) is 20.8 Å². The van der Waals surface area contributed by atoms with Crippen molar-refractivity contribution in [2.24, 2.45) is 0 Å². The zero-order valence-corrected chi connectivity index (χ0v) is 18.0. The van der Waals surface area contributed by atoms with Gasteiger partial charge in [-0.3, -0.25) is 19.7 Å². The number of nitrogens with one attached hydrogen (secondary N) is 2. The van der Waals surface area contributed by atoms with Gasteiger partial charge in [-0.25, -0.2) is 0 Å². The summed E-state index contributed by atoms with van der Waals surface area (Å²) in [4.78, 5) is 37.7. The van der Waals surface area contributed by atoms with Crippen molar-refractivity contribution in [3.8, 4) is 0 Å². The average molecular weight is 456 g/mol. The van der Waals surface area contributed by atoms with Gasteiger partial charge >= 0.3 is 0 Å². The fourth-order valence-corrected chi connectivity index (χ4v) is 4.23. The lowest BCUT2D eigenvalue weighted by Gasteiger charge is -2.16. The summed E-state index contributed by atoms with van der Waals surface area (Å²) >= 11 is 7.18. The molecular formula is C21H18ClN5O3S. The van der Waals surface area contributed by atoms with Gasteiger partial charge in [0.1, 0.15) is 5.01 Å². The number of amides is 3. The monoisotopic (exact) mass is 455 g/mol. The summed E-state index contributed by atoms with van der Waals surface area (Å²) < 4.78 is 0. The zero-order valence-electron chi connectivity index (χ0n) is 16.5. The maximum atomic E-state index is 12.5. The predicted octanol–water partition coefficient (Wildman–Crippen LogP) is 3.92. The van der Waals surface area contributed by atoms with E-state index < -0.39 is 0 Å². The number of nitrogens with zero attached hydrogens (tertiary/aromatic N) is 3. The molecule has 2 heterocycles. The second kappa shape index (κ2) is 8.83. The summed E-state index contributed by atoms with van der Waals surface area (Å²) in [6.07, 6.45) is 0.329. The standard InChI is InChI=1S/C21H18ClN5O3S/c1-12(28)23-16-6-2-13(3-7-16)19(30)24-21-26-25-20(31-21)14-10-18(29)27(11-14)17-8-4-15(22)5-9-17/h2-9,14H,10-11H2,1H3,(H,23,28)(H,24,26,30). The normalized spacial score (nSPS) is 15.7. The van der Waals surface area contributed by atoms with Crippen molar-refractivity contribution < 1.29 is 14.4 Å². The number of anilines is 3. The minimum absolute atomic E-state index is 0.00682. The van der Waals surface area contributed by atoms with E-state index in [4.69, 9.17) is 11.6 Å². The number of carbonyl (C=O) groups excluding carboxylic acids is 3. The van der Waals surface area contributed by atoms with Crippen LogP contribution in [0.3, 0.4) is 0 Å². The van der Waals surface area contributed by atoms with Crippen LogP contribution < -0.4 is 15.5 Å². The third kappa shape index (κ3) is 4.89. The van der Waals surface area contributed by atoms with Crippen LogP contribution in [0.25, 0.3) is 0 Å². The third-order valence-corrected chi connectivity index (χ3v) is 5.99. The maximum Gasteiger partial charge on any atom is 0.257 e. The molecule has 1 saturated heterocycles. The van der Waals surface area contributed by atoms with Crippen molar-refractivity contribution in [1.29, 1.82) is 0 Å². The molecule has 10 heteroatoms. The Labute approximate surface area is 187 Å². The van der Waals surface area contributed by atoms with E-state index in [0.29, 0.717) is 39.4 Å². The van der Waals surface area contributed by atoms with E-state index in [0.717, 1.165) is 5.69 Å². The summed E-state index contributed by atoms with van der Waals surface area (Å²) in [6, 6.07) is 13.6. The molecule has 1 atom stereocenters. The molecule has 1 aliphatic heterocycles. The number of aromatic nitrogens is 2. The van der Waals surface area contributed by atoms with Gasteiger partial charge in [0.05, 0.1) is 0 Å². The largest absolute Gasteiger partial charge is 0.326 e. The summed E-state index contributed by atoms with van der Waals surface area (Å²) in [5.41, 5.74) is 1.83. The minimum atomic E-state index is -0.331. The van der Waals surface area contributed by atoms with Gasteiger partial charge in [0.15, 0.2) is 0 Å². The molecule has 0 radical (unpaired) electrons. The Morgan fingerprint density at radius 1 is 1.06 bits per heavy atom. The van der Waals surface area contributed by atoms with Gasteiger partial charge in [-0.15, -0.1) is 10.2 Å². The first kappa shape index (κ1) is 21.0. The lowest BCUT2D eigenvalue weighted by Crippen LogP contribution is -2.24. The Morgan fingerprint density at radius 3 is 2.45 bits per heavy atom. The molecule has 0 bridgehead atoms. The van der Waals surface area contributed by atoms with E-state index >= 15 is 0 Å². The van der Waals surface area contributed by atoms with Crippen LogP contribution in [0.1, 0.15) is 34.6 Å². The van der Waals surface area contributed by atoms with Gasteiger partial charge < -0.3 is 10.2 Å². The van der Waals surface area contributed by atoms with Crippen LogP contribution in [-0.2, 0) is 9.59 Å². The first-order valence-electron chi connectivity index (χ1n) is 9.47. The fraction of sp³-hybridized carbons (Fsp3) is 0.190. The average Bonchev–Trinajstić information content (AvgIpc) is 3.35. The Hall–Kier alpha value is -3.30. The molecule has 2 aromatic carbocycles. The predicted molar refractivity (Wildman–Crippen MR) is 120 cm³/mol. The molecule has 31 heavy (non-hydrogen) atoms. The second-order valence-electron chi connectivity index (χ2n) is 7.04. The fourth-order valence-electron chi connectivity index (χ4n) is 3.27. The molecule has 0 spiro atoms. The third-order valence-electron chi connectivity index (χ3n) is 4.74. The van der Waals surface area contributed by atoms with Crippen LogP contribution >= 0.6 is 22.9 Å². The van der Waals surface area contributed by atoms with Gasteiger partial charge in [0.25, 0.3) is 5.91 Å². The van der Waals surface area contributed by atoms with E-state index in [1.54, 1.807) is 41.3 Å². The van der Waals surface area contributed by atoms with Crippen LogP contribution in [-0.4, -0.2) is 34.5 Å². The SMILES string of the molecule is CC(=O)Nc1ccc(C(=O)Nc2nnc(C3CC(=O)N(c4ccc(Cl)cc4)C3)s2)cc1. The number of halogens is 1. The molecule has 0 saturated carbocycles. The Balaban J connectivity index is 1.40. The molecule has 3 aromatic rings. The summed E-state index contributed by atoms with van der Waals surface area (Å²) in [6.45, 7) is 1.91. The molecular weight excluding hydrogens is 438 g/mol. The Kier molecular flexibility index (Phi) is 5.97. The van der Waals surface area contributed by atoms with Crippen molar-refractivity contribution in [2.45, 2.75) is 19.3 Å². The number of benzene rings is 2. The Morgan fingerprint density at radius 2 is 1.77 bits per heavy atom. The number of hydrogen-bond donors (Lipinski definition) is 2. The lowest BCUT2D eigenvalue weighted by atomic mass is 10.1. The van der Waals surface area contributed by atoms with Gasteiger partial charge in [-0.2, -0.15) is 0 Å². The van der Waals surface area contributed by atoms with Crippen LogP contribution in [0.4, 0.5) is 16.5 Å². The highest BCUT2D eigenvalue weighted by atomic mass is 35.5. The molecule has 1 unspecified atom stereocenters. The van der Waals surface area contributed by atoms with Crippen LogP contribution in [0, 0.1) is 0 Å². The van der Waals surface area contributed by atoms with Crippen LogP contribution in [0.2, 0.25) is 5.02 Å². The molecule has 0 aliphatic carbocycles. The van der Waals surface area contributed by atoms with Gasteiger partial charge in [-0.1, -0.05) is 22.9 Å². The van der Waals surface area contributed by atoms with Crippen molar-refractivity contribution >= 4 is 57.2 Å². The van der Waals surface area contributed by atoms with E-state index in [1.165, 1.54) is 18.3 Å². The number of carbonyl (C=O) groups is 3. The summed E-state index contributed by atoms with van der Waals surface area (Å²) in [5, 5.41) is 15.3. The van der Waals surface area contributed by atoms with Crippen LogP contribution in [0.5, 0.6) is 0 Å². The molecule has 2 N–H and O–H groups in total. The number of rotatable bonds is 5. The maximum absolute atomic E-state index is 12.5. The first-order chi connectivity index (χ1) is 14.9. The van der Waals surface area contributed by atoms with Crippen molar-refractivity contribution in [3.05, 3.63) is 64.1 Å². The molecule has 1 aromatic heterocycles. The molecule has 4 rings (SSSR count). The first-order valence-corrected chi connectivity index (χ1v) is 10.7. The molecule has 3 amide bonds. The van der Waals surface area contributed by atoms with E-state index in [-0.39, 0.29) is 23.6 Å². The quantitative estimate of drug-likeness (QED) is 0.606. The van der Waals surface area contributed by atoms with Gasteiger partial charge in [-0.05, 0) is 48.5 Å². The highest BCUT2D eigenvalue weighted by Gasteiger charge is 2.34.